The van der Waals surface area contributed by atoms with Gasteiger partial charge in [0, 0.05) is 42.2 Å². The second-order valence-corrected chi connectivity index (χ2v) is 8.43. The lowest BCUT2D eigenvalue weighted by molar-refractivity contribution is 0.771. The molecule has 0 atom stereocenters. The van der Waals surface area contributed by atoms with E-state index < -0.39 is 0 Å². The van der Waals surface area contributed by atoms with Gasteiger partial charge in [0.1, 0.15) is 0 Å². The molecule has 0 aliphatic rings. The van der Waals surface area contributed by atoms with Gasteiger partial charge in [-0.1, -0.05) is 54.6 Å². The van der Waals surface area contributed by atoms with E-state index in [4.69, 9.17) is 5.10 Å². The summed E-state index contributed by atoms with van der Waals surface area (Å²) in [6.45, 7) is 2.11. The van der Waals surface area contributed by atoms with Gasteiger partial charge in [0.15, 0.2) is 0 Å². The van der Waals surface area contributed by atoms with Gasteiger partial charge in [-0.3, -0.25) is 14.8 Å². The summed E-state index contributed by atoms with van der Waals surface area (Å²) in [7, 11) is 2.04. The standard InChI is InChI=1S/C27H23N5/c1-17-11-12-18(22-10-5-13-28-25(17)22)15-24-23-9-4-7-20(27(23)32(2)31-24)14-19-6-3-8-21-16-29-30-26(19)21/h3-13,16H,14-15H2,1-2H3,(H,29,30). The van der Waals surface area contributed by atoms with Crippen LogP contribution in [0.2, 0.25) is 0 Å². The van der Waals surface area contributed by atoms with Crippen LogP contribution in [0.15, 0.2) is 73.1 Å². The van der Waals surface area contributed by atoms with Crippen LogP contribution in [0.1, 0.15) is 27.9 Å². The quantitative estimate of drug-likeness (QED) is 0.413. The van der Waals surface area contributed by atoms with Crippen LogP contribution in [0.5, 0.6) is 0 Å². The summed E-state index contributed by atoms with van der Waals surface area (Å²) in [5.74, 6) is 0. The maximum Gasteiger partial charge on any atom is 0.0747 e. The number of nitrogens with one attached hydrogen (secondary N) is 1. The predicted octanol–water partition coefficient (Wildman–Crippen LogP) is 5.49. The first-order valence-corrected chi connectivity index (χ1v) is 10.9. The zero-order valence-electron chi connectivity index (χ0n) is 18.1. The lowest BCUT2D eigenvalue weighted by atomic mass is 9.97. The van der Waals surface area contributed by atoms with E-state index in [2.05, 4.69) is 76.7 Å². The second-order valence-electron chi connectivity index (χ2n) is 8.43. The average Bonchev–Trinajstić information content (AvgIpc) is 3.42. The van der Waals surface area contributed by atoms with Crippen LogP contribution in [0, 0.1) is 6.92 Å². The molecule has 0 unspecified atom stereocenters. The highest BCUT2D eigenvalue weighted by Crippen LogP contribution is 2.29. The summed E-state index contributed by atoms with van der Waals surface area (Å²) in [6, 6.07) is 21.4. The highest BCUT2D eigenvalue weighted by Gasteiger charge is 2.15. The van der Waals surface area contributed by atoms with E-state index >= 15 is 0 Å². The van der Waals surface area contributed by atoms with E-state index in [0.717, 1.165) is 35.0 Å². The van der Waals surface area contributed by atoms with Crippen LogP contribution in [0.25, 0.3) is 32.7 Å². The van der Waals surface area contributed by atoms with Gasteiger partial charge in [-0.15, -0.1) is 0 Å². The van der Waals surface area contributed by atoms with Crippen LogP contribution in [0.4, 0.5) is 0 Å². The second kappa shape index (κ2) is 7.31. The number of benzene rings is 3. The molecule has 1 N–H and O–H groups in total. The molecule has 0 bridgehead atoms. The molecular weight excluding hydrogens is 394 g/mol. The van der Waals surface area contributed by atoms with E-state index in [1.54, 1.807) is 0 Å². The number of aromatic amines is 1. The molecule has 3 aromatic heterocycles. The molecule has 0 fully saturated rings. The molecule has 3 aromatic carbocycles. The van der Waals surface area contributed by atoms with E-state index in [1.165, 1.54) is 38.5 Å². The molecule has 0 saturated heterocycles. The number of fused-ring (bicyclic) bond motifs is 3. The van der Waals surface area contributed by atoms with Crippen LogP contribution >= 0.6 is 0 Å². The average molecular weight is 418 g/mol. The Hall–Kier alpha value is -3.99. The van der Waals surface area contributed by atoms with Crippen molar-refractivity contribution in [3.8, 4) is 0 Å². The Morgan fingerprint density at radius 2 is 1.69 bits per heavy atom. The van der Waals surface area contributed by atoms with Gasteiger partial charge in [0.25, 0.3) is 0 Å². The maximum atomic E-state index is 4.94. The van der Waals surface area contributed by atoms with Crippen molar-refractivity contribution in [1.82, 2.24) is 25.0 Å². The van der Waals surface area contributed by atoms with Gasteiger partial charge in [-0.2, -0.15) is 10.2 Å². The van der Waals surface area contributed by atoms with Gasteiger partial charge in [-0.05, 0) is 35.2 Å². The normalized spacial score (nSPS) is 11.7. The first-order valence-electron chi connectivity index (χ1n) is 10.9. The molecule has 5 nitrogen and oxygen atoms in total. The van der Waals surface area contributed by atoms with E-state index in [0.29, 0.717) is 0 Å². The molecule has 6 rings (SSSR count). The molecular formula is C27H23N5. The van der Waals surface area contributed by atoms with Crippen LogP contribution < -0.4 is 0 Å². The molecule has 5 heteroatoms. The minimum atomic E-state index is 0.777. The minimum absolute atomic E-state index is 0.777. The van der Waals surface area contributed by atoms with Crippen molar-refractivity contribution in [2.75, 3.05) is 0 Å². The number of rotatable bonds is 4. The van der Waals surface area contributed by atoms with Gasteiger partial charge >= 0.3 is 0 Å². The van der Waals surface area contributed by atoms with Crippen molar-refractivity contribution >= 4 is 32.7 Å². The van der Waals surface area contributed by atoms with Crippen LogP contribution in [-0.4, -0.2) is 25.0 Å². The highest BCUT2D eigenvalue weighted by atomic mass is 15.3. The minimum Gasteiger partial charge on any atom is -0.278 e. The summed E-state index contributed by atoms with van der Waals surface area (Å²) in [5, 5.41) is 15.9. The molecule has 0 saturated carbocycles. The van der Waals surface area contributed by atoms with Crippen molar-refractivity contribution < 1.29 is 0 Å². The molecule has 0 aliphatic heterocycles. The zero-order valence-corrected chi connectivity index (χ0v) is 18.1. The Labute approximate surface area is 185 Å². The predicted molar refractivity (Wildman–Crippen MR) is 129 cm³/mol. The summed E-state index contributed by atoms with van der Waals surface area (Å²) in [6.07, 6.45) is 5.34. The molecule has 6 aromatic rings. The number of H-pyrrole nitrogens is 1. The van der Waals surface area contributed by atoms with Crippen molar-refractivity contribution in [2.45, 2.75) is 19.8 Å². The summed E-state index contributed by atoms with van der Waals surface area (Å²) in [5.41, 5.74) is 9.42. The summed E-state index contributed by atoms with van der Waals surface area (Å²) >= 11 is 0. The summed E-state index contributed by atoms with van der Waals surface area (Å²) in [4.78, 5) is 4.60. The van der Waals surface area contributed by atoms with Gasteiger partial charge in [0.05, 0.1) is 28.4 Å². The number of hydrogen-bond donors (Lipinski definition) is 1. The molecule has 3 heterocycles. The van der Waals surface area contributed by atoms with E-state index in [1.807, 2.05) is 30.2 Å². The number of aryl methyl sites for hydroxylation is 2. The number of hydrogen-bond acceptors (Lipinski definition) is 3. The highest BCUT2D eigenvalue weighted by molar-refractivity contribution is 5.89. The smallest absolute Gasteiger partial charge is 0.0747 e. The molecule has 0 aliphatic carbocycles. The Balaban J connectivity index is 1.44. The third-order valence-electron chi connectivity index (χ3n) is 6.39. The summed E-state index contributed by atoms with van der Waals surface area (Å²) < 4.78 is 2.03. The Kier molecular flexibility index (Phi) is 4.28. The van der Waals surface area contributed by atoms with Crippen LogP contribution in [-0.2, 0) is 19.9 Å². The number of para-hydroxylation sites is 2. The monoisotopic (exact) mass is 417 g/mol. The number of nitrogens with zero attached hydrogens (tertiary/aromatic N) is 4. The molecule has 0 amide bonds. The van der Waals surface area contributed by atoms with Gasteiger partial charge in [-0.25, -0.2) is 0 Å². The third-order valence-corrected chi connectivity index (χ3v) is 6.39. The van der Waals surface area contributed by atoms with E-state index in [-0.39, 0.29) is 0 Å². The van der Waals surface area contributed by atoms with Gasteiger partial charge in [0.2, 0.25) is 0 Å². The van der Waals surface area contributed by atoms with Crippen molar-refractivity contribution in [3.63, 3.8) is 0 Å². The lowest BCUT2D eigenvalue weighted by Crippen LogP contribution is -1.97. The molecule has 0 spiro atoms. The fraction of sp³-hybridized carbons (Fsp3) is 0.148. The third kappa shape index (κ3) is 2.97. The van der Waals surface area contributed by atoms with Gasteiger partial charge < -0.3 is 0 Å². The maximum absolute atomic E-state index is 4.94. The van der Waals surface area contributed by atoms with Crippen LogP contribution in [0.3, 0.4) is 0 Å². The molecule has 156 valence electrons. The zero-order chi connectivity index (χ0) is 21.7. The Morgan fingerprint density at radius 3 is 2.62 bits per heavy atom. The fourth-order valence-corrected chi connectivity index (χ4v) is 4.85. The topological polar surface area (TPSA) is 59.4 Å². The largest absolute Gasteiger partial charge is 0.278 e. The SMILES string of the molecule is Cc1ccc(Cc2nn(C)c3c(Cc4cccc5cn[nH]c45)cccc23)c2cccnc12. The Morgan fingerprint density at radius 1 is 0.844 bits per heavy atom. The lowest BCUT2D eigenvalue weighted by Gasteiger charge is -2.08. The first-order chi connectivity index (χ1) is 15.7. The fourth-order valence-electron chi connectivity index (χ4n) is 4.85. The van der Waals surface area contributed by atoms with Crippen molar-refractivity contribution in [2.24, 2.45) is 7.05 Å². The number of aromatic nitrogens is 5. The first kappa shape index (κ1) is 18.8. The Bertz CT molecular complexity index is 1610. The molecule has 0 radical (unpaired) electrons. The number of pyridine rings is 1. The van der Waals surface area contributed by atoms with Crippen molar-refractivity contribution in [1.29, 1.82) is 0 Å². The molecule has 32 heavy (non-hydrogen) atoms. The van der Waals surface area contributed by atoms with E-state index in [9.17, 15) is 0 Å². The van der Waals surface area contributed by atoms with Crippen molar-refractivity contribution in [3.05, 3.63) is 101 Å².